The van der Waals surface area contributed by atoms with Crippen LogP contribution in [0.2, 0.25) is 0 Å². The number of piperidine rings is 1. The SMILES string of the molecule is COc1ccc(-c2nnc([C@@H]3CCCN(C(=O)C(C)C)C3)o2)cc1. The minimum Gasteiger partial charge on any atom is -0.497 e. The van der Waals surface area contributed by atoms with E-state index in [-0.39, 0.29) is 17.7 Å². The first-order chi connectivity index (χ1) is 11.6. The molecule has 6 heteroatoms. The standard InChI is InChI=1S/C18H23N3O3/c1-12(2)18(22)21-10-4-5-14(11-21)17-20-19-16(24-17)13-6-8-15(23-3)9-7-13/h6-9,12,14H,4-5,10-11H2,1-3H3/t14-/m1/s1. The molecule has 1 atom stereocenters. The van der Waals surface area contributed by atoms with Crippen LogP contribution in [0.1, 0.15) is 38.5 Å². The van der Waals surface area contributed by atoms with Crippen molar-refractivity contribution in [3.8, 4) is 17.2 Å². The Morgan fingerprint density at radius 3 is 2.71 bits per heavy atom. The first-order valence-corrected chi connectivity index (χ1v) is 8.35. The molecule has 6 nitrogen and oxygen atoms in total. The maximum atomic E-state index is 12.2. The molecule has 0 radical (unpaired) electrons. The maximum Gasteiger partial charge on any atom is 0.247 e. The fourth-order valence-corrected chi connectivity index (χ4v) is 2.99. The second kappa shape index (κ2) is 7.03. The van der Waals surface area contributed by atoms with Gasteiger partial charge in [-0.15, -0.1) is 10.2 Å². The molecular weight excluding hydrogens is 306 g/mol. The third-order valence-electron chi connectivity index (χ3n) is 4.35. The molecule has 0 saturated carbocycles. The van der Waals surface area contributed by atoms with Crippen LogP contribution in [0.4, 0.5) is 0 Å². The smallest absolute Gasteiger partial charge is 0.247 e. The normalized spacial score (nSPS) is 18.0. The molecule has 1 aliphatic heterocycles. The van der Waals surface area contributed by atoms with E-state index in [9.17, 15) is 4.79 Å². The number of likely N-dealkylation sites (tertiary alicyclic amines) is 1. The predicted molar refractivity (Wildman–Crippen MR) is 89.7 cm³/mol. The summed E-state index contributed by atoms with van der Waals surface area (Å²) in [4.78, 5) is 14.1. The summed E-state index contributed by atoms with van der Waals surface area (Å²) >= 11 is 0. The Morgan fingerprint density at radius 2 is 2.04 bits per heavy atom. The summed E-state index contributed by atoms with van der Waals surface area (Å²) in [5.74, 6) is 2.22. The monoisotopic (exact) mass is 329 g/mol. The van der Waals surface area contributed by atoms with Crippen molar-refractivity contribution in [1.29, 1.82) is 0 Å². The Morgan fingerprint density at radius 1 is 1.29 bits per heavy atom. The molecular formula is C18H23N3O3. The van der Waals surface area contributed by atoms with Gasteiger partial charge in [-0.2, -0.15) is 0 Å². The van der Waals surface area contributed by atoms with Crippen LogP contribution in [0.5, 0.6) is 5.75 Å². The van der Waals surface area contributed by atoms with Gasteiger partial charge in [-0.1, -0.05) is 13.8 Å². The molecule has 0 unspecified atom stereocenters. The molecule has 0 N–H and O–H groups in total. The van der Waals surface area contributed by atoms with Gasteiger partial charge in [-0.05, 0) is 37.1 Å². The Kier molecular flexibility index (Phi) is 4.83. The number of carbonyl (C=O) groups excluding carboxylic acids is 1. The number of methoxy groups -OCH3 is 1. The first-order valence-electron chi connectivity index (χ1n) is 8.35. The van der Waals surface area contributed by atoms with Gasteiger partial charge in [0.05, 0.1) is 13.0 Å². The molecule has 2 aromatic rings. The lowest BCUT2D eigenvalue weighted by atomic mass is 9.97. The summed E-state index contributed by atoms with van der Waals surface area (Å²) in [5.41, 5.74) is 0.862. The van der Waals surface area contributed by atoms with E-state index in [2.05, 4.69) is 10.2 Å². The van der Waals surface area contributed by atoms with Gasteiger partial charge in [0.25, 0.3) is 0 Å². The van der Waals surface area contributed by atoms with Crippen LogP contribution in [0.3, 0.4) is 0 Å². The molecule has 24 heavy (non-hydrogen) atoms. The van der Waals surface area contributed by atoms with E-state index < -0.39 is 0 Å². The Labute approximate surface area is 141 Å². The quantitative estimate of drug-likeness (QED) is 0.862. The van der Waals surface area contributed by atoms with E-state index in [1.54, 1.807) is 7.11 Å². The Balaban J connectivity index is 1.73. The number of amides is 1. The molecule has 3 rings (SSSR count). The zero-order valence-corrected chi connectivity index (χ0v) is 14.4. The van der Waals surface area contributed by atoms with Gasteiger partial charge >= 0.3 is 0 Å². The lowest BCUT2D eigenvalue weighted by Crippen LogP contribution is -2.41. The summed E-state index contributed by atoms with van der Waals surface area (Å²) in [6, 6.07) is 7.52. The predicted octanol–water partition coefficient (Wildman–Crippen LogP) is 3.11. The third-order valence-corrected chi connectivity index (χ3v) is 4.35. The van der Waals surface area contributed by atoms with E-state index >= 15 is 0 Å². The van der Waals surface area contributed by atoms with Crippen molar-refractivity contribution >= 4 is 5.91 Å². The molecule has 2 heterocycles. The molecule has 1 aliphatic rings. The van der Waals surface area contributed by atoms with E-state index in [1.807, 2.05) is 43.0 Å². The highest BCUT2D eigenvalue weighted by atomic mass is 16.5. The van der Waals surface area contributed by atoms with Gasteiger partial charge in [0.2, 0.25) is 17.7 Å². The van der Waals surface area contributed by atoms with Gasteiger partial charge in [0.15, 0.2) is 0 Å². The van der Waals surface area contributed by atoms with Gasteiger partial charge in [0.1, 0.15) is 5.75 Å². The number of hydrogen-bond donors (Lipinski definition) is 0. The van der Waals surface area contributed by atoms with Crippen LogP contribution in [-0.4, -0.2) is 41.2 Å². The van der Waals surface area contributed by atoms with Crippen molar-refractivity contribution in [1.82, 2.24) is 15.1 Å². The van der Waals surface area contributed by atoms with E-state index in [0.29, 0.717) is 18.3 Å². The minimum absolute atomic E-state index is 0.0151. The summed E-state index contributed by atoms with van der Waals surface area (Å²) in [6.07, 6.45) is 1.93. The van der Waals surface area contributed by atoms with Crippen LogP contribution in [0, 0.1) is 5.92 Å². The van der Waals surface area contributed by atoms with Crippen molar-refractivity contribution < 1.29 is 13.9 Å². The molecule has 0 spiro atoms. The molecule has 1 saturated heterocycles. The number of benzene rings is 1. The Bertz CT molecular complexity index is 694. The molecule has 128 valence electrons. The molecule has 0 bridgehead atoms. The van der Waals surface area contributed by atoms with Gasteiger partial charge in [0, 0.05) is 24.6 Å². The van der Waals surface area contributed by atoms with Crippen LogP contribution in [0.25, 0.3) is 11.5 Å². The second-order valence-electron chi connectivity index (χ2n) is 6.45. The number of aromatic nitrogens is 2. The first kappa shape index (κ1) is 16.5. The van der Waals surface area contributed by atoms with Crippen molar-refractivity contribution in [2.24, 2.45) is 5.92 Å². The zero-order chi connectivity index (χ0) is 17.1. The molecule has 1 fully saturated rings. The van der Waals surface area contributed by atoms with Crippen molar-refractivity contribution in [3.63, 3.8) is 0 Å². The van der Waals surface area contributed by atoms with Crippen molar-refractivity contribution in [2.75, 3.05) is 20.2 Å². The van der Waals surface area contributed by atoms with Gasteiger partial charge in [-0.3, -0.25) is 4.79 Å². The second-order valence-corrected chi connectivity index (χ2v) is 6.45. The van der Waals surface area contributed by atoms with Crippen LogP contribution in [-0.2, 0) is 4.79 Å². The van der Waals surface area contributed by atoms with E-state index in [4.69, 9.17) is 9.15 Å². The fourth-order valence-electron chi connectivity index (χ4n) is 2.99. The fraction of sp³-hybridized carbons (Fsp3) is 0.500. The lowest BCUT2D eigenvalue weighted by Gasteiger charge is -2.32. The molecule has 1 aromatic carbocycles. The van der Waals surface area contributed by atoms with Crippen molar-refractivity contribution in [2.45, 2.75) is 32.6 Å². The van der Waals surface area contributed by atoms with Crippen LogP contribution >= 0.6 is 0 Å². The average Bonchev–Trinajstić information content (AvgIpc) is 3.11. The number of carbonyl (C=O) groups is 1. The number of hydrogen-bond acceptors (Lipinski definition) is 5. The topological polar surface area (TPSA) is 68.5 Å². The van der Waals surface area contributed by atoms with E-state index in [0.717, 1.165) is 30.7 Å². The van der Waals surface area contributed by atoms with Crippen LogP contribution in [0.15, 0.2) is 28.7 Å². The highest BCUT2D eigenvalue weighted by Crippen LogP contribution is 2.29. The maximum absolute atomic E-state index is 12.2. The summed E-state index contributed by atoms with van der Waals surface area (Å²) < 4.78 is 11.0. The van der Waals surface area contributed by atoms with Gasteiger partial charge in [-0.25, -0.2) is 0 Å². The van der Waals surface area contributed by atoms with Gasteiger partial charge < -0.3 is 14.1 Å². The number of rotatable bonds is 4. The highest BCUT2D eigenvalue weighted by Gasteiger charge is 2.29. The minimum atomic E-state index is 0.0151. The van der Waals surface area contributed by atoms with Crippen molar-refractivity contribution in [3.05, 3.63) is 30.2 Å². The zero-order valence-electron chi connectivity index (χ0n) is 14.4. The average molecular weight is 329 g/mol. The largest absolute Gasteiger partial charge is 0.497 e. The summed E-state index contributed by atoms with van der Waals surface area (Å²) in [5, 5.41) is 8.37. The highest BCUT2D eigenvalue weighted by molar-refractivity contribution is 5.78. The molecule has 1 aromatic heterocycles. The number of ether oxygens (including phenoxy) is 1. The number of nitrogens with zero attached hydrogens (tertiary/aromatic N) is 3. The summed E-state index contributed by atoms with van der Waals surface area (Å²) in [7, 11) is 1.63. The lowest BCUT2D eigenvalue weighted by molar-refractivity contribution is -0.135. The third kappa shape index (κ3) is 3.42. The molecule has 0 aliphatic carbocycles. The Hall–Kier alpha value is -2.37. The summed E-state index contributed by atoms with van der Waals surface area (Å²) in [6.45, 7) is 5.33. The molecule has 1 amide bonds. The van der Waals surface area contributed by atoms with E-state index in [1.165, 1.54) is 0 Å². The van der Waals surface area contributed by atoms with Crippen LogP contribution < -0.4 is 4.74 Å².